The van der Waals surface area contributed by atoms with E-state index in [-0.39, 0.29) is 34.5 Å². The molecule has 2 N–H and O–H groups in total. The molecule has 5 nitrogen and oxygen atoms in total. The van der Waals surface area contributed by atoms with Crippen LogP contribution in [0.5, 0.6) is 0 Å². The number of amides is 1. The van der Waals surface area contributed by atoms with Crippen LogP contribution in [-0.4, -0.2) is 37.1 Å². The van der Waals surface area contributed by atoms with Gasteiger partial charge in [0.25, 0.3) is 0 Å². The van der Waals surface area contributed by atoms with Crippen LogP contribution in [0.2, 0.25) is 0 Å². The average Bonchev–Trinajstić information content (AvgIpc) is 2.80. The van der Waals surface area contributed by atoms with E-state index in [0.29, 0.717) is 19.6 Å². The molecule has 1 unspecified atom stereocenters. The molecule has 1 amide bonds. The summed E-state index contributed by atoms with van der Waals surface area (Å²) in [4.78, 5) is 24.6. The van der Waals surface area contributed by atoms with Crippen molar-refractivity contribution in [3.63, 3.8) is 0 Å². The monoisotopic (exact) mass is 310 g/mol. The molecule has 0 aromatic rings. The largest absolute Gasteiger partial charge is 0.460 e. The summed E-state index contributed by atoms with van der Waals surface area (Å²) in [5, 5.41) is 6.31. The van der Waals surface area contributed by atoms with Gasteiger partial charge in [-0.1, -0.05) is 20.8 Å². The number of rotatable bonds is 4. The fourth-order valence-electron chi connectivity index (χ4n) is 3.13. The second-order valence-corrected chi connectivity index (χ2v) is 8.83. The lowest BCUT2D eigenvalue weighted by Crippen LogP contribution is -2.45. The molecule has 1 heterocycles. The number of ether oxygens (including phenoxy) is 1. The van der Waals surface area contributed by atoms with Gasteiger partial charge in [0.1, 0.15) is 5.60 Å². The topological polar surface area (TPSA) is 67.4 Å². The van der Waals surface area contributed by atoms with Crippen LogP contribution in [0, 0.1) is 22.7 Å². The van der Waals surface area contributed by atoms with Gasteiger partial charge in [0.05, 0.1) is 5.92 Å². The zero-order valence-electron chi connectivity index (χ0n) is 14.7. The molecule has 0 spiro atoms. The molecule has 2 fully saturated rings. The Morgan fingerprint density at radius 1 is 1.23 bits per heavy atom. The van der Waals surface area contributed by atoms with E-state index in [1.807, 2.05) is 27.7 Å². The van der Waals surface area contributed by atoms with Gasteiger partial charge in [-0.3, -0.25) is 9.59 Å². The van der Waals surface area contributed by atoms with Crippen LogP contribution in [0.1, 0.15) is 48.0 Å². The molecule has 22 heavy (non-hydrogen) atoms. The molecule has 0 aromatic heterocycles. The van der Waals surface area contributed by atoms with Crippen molar-refractivity contribution in [2.24, 2.45) is 22.7 Å². The van der Waals surface area contributed by atoms with E-state index in [1.54, 1.807) is 0 Å². The summed E-state index contributed by atoms with van der Waals surface area (Å²) in [5.74, 6) is -0.174. The van der Waals surface area contributed by atoms with Gasteiger partial charge in [-0.05, 0) is 32.6 Å². The Morgan fingerprint density at radius 2 is 1.82 bits per heavy atom. The van der Waals surface area contributed by atoms with E-state index in [2.05, 4.69) is 24.5 Å². The van der Waals surface area contributed by atoms with Gasteiger partial charge in [0, 0.05) is 31.0 Å². The zero-order chi connectivity index (χ0) is 16.8. The van der Waals surface area contributed by atoms with Crippen molar-refractivity contribution in [1.29, 1.82) is 0 Å². The lowest BCUT2D eigenvalue weighted by atomic mass is 9.79. The molecule has 1 saturated carbocycles. The maximum atomic E-state index is 12.4. The maximum Gasteiger partial charge on any atom is 0.311 e. The molecule has 3 atom stereocenters. The second kappa shape index (κ2) is 5.52. The Bertz CT molecular complexity index is 467. The van der Waals surface area contributed by atoms with Gasteiger partial charge in [-0.2, -0.15) is 0 Å². The fraction of sp³-hybridized carbons (Fsp3) is 0.882. The van der Waals surface area contributed by atoms with Crippen LogP contribution in [0.25, 0.3) is 0 Å². The Kier molecular flexibility index (Phi) is 4.33. The van der Waals surface area contributed by atoms with Crippen molar-refractivity contribution < 1.29 is 14.3 Å². The summed E-state index contributed by atoms with van der Waals surface area (Å²) in [5.41, 5.74) is -0.650. The van der Waals surface area contributed by atoms with E-state index in [1.165, 1.54) is 0 Å². The highest BCUT2D eigenvalue weighted by molar-refractivity contribution is 5.82. The van der Waals surface area contributed by atoms with Crippen LogP contribution in [0.4, 0.5) is 0 Å². The number of hydrogen-bond donors (Lipinski definition) is 2. The number of nitrogens with one attached hydrogen (secondary N) is 2. The van der Waals surface area contributed by atoms with E-state index < -0.39 is 5.60 Å². The summed E-state index contributed by atoms with van der Waals surface area (Å²) < 4.78 is 5.53. The number of hydrogen-bond acceptors (Lipinski definition) is 4. The van der Waals surface area contributed by atoms with Crippen LogP contribution in [0.15, 0.2) is 0 Å². The average molecular weight is 310 g/mol. The molecule has 2 rings (SSSR count). The SMILES string of the molecule is CC(C)(C)OC(=O)[C@@H]1CNCC1(C)CNC(=O)[C@H]1CC1(C)C. The third-order valence-electron chi connectivity index (χ3n) is 4.91. The first-order valence-corrected chi connectivity index (χ1v) is 8.16. The quantitative estimate of drug-likeness (QED) is 0.776. The van der Waals surface area contributed by atoms with Crippen LogP contribution in [-0.2, 0) is 14.3 Å². The van der Waals surface area contributed by atoms with Crippen molar-refractivity contribution in [2.75, 3.05) is 19.6 Å². The first kappa shape index (κ1) is 17.3. The minimum atomic E-state index is -0.484. The lowest BCUT2D eigenvalue weighted by molar-refractivity contribution is -0.162. The van der Waals surface area contributed by atoms with Gasteiger partial charge >= 0.3 is 5.97 Å². The predicted molar refractivity (Wildman–Crippen MR) is 85.2 cm³/mol. The summed E-state index contributed by atoms with van der Waals surface area (Å²) in [6, 6.07) is 0. The van der Waals surface area contributed by atoms with Gasteiger partial charge in [-0.15, -0.1) is 0 Å². The molecule has 2 aliphatic rings. The lowest BCUT2D eigenvalue weighted by Gasteiger charge is -2.31. The normalized spacial score (nSPS) is 33.4. The van der Waals surface area contributed by atoms with Crippen molar-refractivity contribution in [3.8, 4) is 0 Å². The van der Waals surface area contributed by atoms with Gasteiger partial charge in [0.15, 0.2) is 0 Å². The number of carbonyl (C=O) groups is 2. The Labute approximate surface area is 133 Å². The molecule has 0 radical (unpaired) electrons. The summed E-state index contributed by atoms with van der Waals surface area (Å²) >= 11 is 0. The Morgan fingerprint density at radius 3 is 2.32 bits per heavy atom. The van der Waals surface area contributed by atoms with Crippen LogP contribution in [0.3, 0.4) is 0 Å². The minimum Gasteiger partial charge on any atom is -0.460 e. The van der Waals surface area contributed by atoms with Crippen molar-refractivity contribution in [2.45, 2.75) is 53.6 Å². The first-order chi connectivity index (χ1) is 9.95. The third-order valence-corrected chi connectivity index (χ3v) is 4.91. The number of carbonyl (C=O) groups excluding carboxylic acids is 2. The van der Waals surface area contributed by atoms with Crippen LogP contribution < -0.4 is 10.6 Å². The highest BCUT2D eigenvalue weighted by Gasteiger charge is 2.51. The van der Waals surface area contributed by atoms with E-state index >= 15 is 0 Å². The summed E-state index contributed by atoms with van der Waals surface area (Å²) in [6.07, 6.45) is 0.948. The van der Waals surface area contributed by atoms with Gasteiger partial charge < -0.3 is 15.4 Å². The van der Waals surface area contributed by atoms with Gasteiger partial charge in [0.2, 0.25) is 5.91 Å². The molecule has 1 aliphatic heterocycles. The van der Waals surface area contributed by atoms with E-state index in [4.69, 9.17) is 4.74 Å². The van der Waals surface area contributed by atoms with E-state index in [9.17, 15) is 9.59 Å². The highest BCUT2D eigenvalue weighted by atomic mass is 16.6. The number of esters is 1. The Hall–Kier alpha value is -1.10. The molecule has 126 valence electrons. The smallest absolute Gasteiger partial charge is 0.311 e. The molecular weight excluding hydrogens is 280 g/mol. The molecule has 0 aromatic carbocycles. The molecule has 1 aliphatic carbocycles. The predicted octanol–water partition coefficient (Wildman–Crippen LogP) is 1.72. The van der Waals surface area contributed by atoms with Crippen LogP contribution >= 0.6 is 0 Å². The minimum absolute atomic E-state index is 0.112. The van der Waals surface area contributed by atoms with Crippen molar-refractivity contribution >= 4 is 11.9 Å². The Balaban J connectivity index is 1.93. The molecular formula is C17H30N2O3. The molecule has 0 bridgehead atoms. The summed E-state index contributed by atoms with van der Waals surface area (Å²) in [7, 11) is 0. The van der Waals surface area contributed by atoms with Crippen molar-refractivity contribution in [3.05, 3.63) is 0 Å². The third kappa shape index (κ3) is 3.80. The van der Waals surface area contributed by atoms with Crippen molar-refractivity contribution in [1.82, 2.24) is 10.6 Å². The first-order valence-electron chi connectivity index (χ1n) is 8.16. The molecule has 5 heteroatoms. The second-order valence-electron chi connectivity index (χ2n) is 8.83. The maximum absolute atomic E-state index is 12.4. The fourth-order valence-corrected chi connectivity index (χ4v) is 3.13. The van der Waals surface area contributed by atoms with E-state index in [0.717, 1.165) is 6.42 Å². The standard InChI is InChI=1S/C17H30N2O3/c1-15(2,3)22-14(21)12-8-18-9-17(12,6)10-19-13(20)11-7-16(11,4)5/h11-12,18H,7-10H2,1-6H3,(H,19,20)/t11-,12+,17?/m1/s1. The van der Waals surface area contributed by atoms with Gasteiger partial charge in [-0.25, -0.2) is 0 Å². The highest BCUT2D eigenvalue weighted by Crippen LogP contribution is 2.51. The summed E-state index contributed by atoms with van der Waals surface area (Å²) in [6.45, 7) is 13.7. The zero-order valence-corrected chi connectivity index (χ0v) is 14.7. The molecule has 1 saturated heterocycles.